The first kappa shape index (κ1) is 9.45. The second-order valence-corrected chi connectivity index (χ2v) is 2.98. The molecule has 0 amide bonds. The molecule has 2 rings (SSSR count). The van der Waals surface area contributed by atoms with Crippen molar-refractivity contribution in [2.75, 3.05) is 7.11 Å². The first-order valence-corrected chi connectivity index (χ1v) is 4.50. The predicted molar refractivity (Wildman–Crippen MR) is 55.4 cm³/mol. The van der Waals surface area contributed by atoms with Gasteiger partial charge in [-0.3, -0.25) is 0 Å². The van der Waals surface area contributed by atoms with Crippen molar-refractivity contribution in [3.8, 4) is 11.3 Å². The zero-order valence-electron chi connectivity index (χ0n) is 8.23. The third kappa shape index (κ3) is 1.74. The Kier molecular flexibility index (Phi) is 2.49. The van der Waals surface area contributed by atoms with E-state index < -0.39 is 5.97 Å². The largest absolute Gasteiger partial charge is 0.464 e. The molecule has 0 spiro atoms. The molecule has 0 saturated carbocycles. The van der Waals surface area contributed by atoms with Gasteiger partial charge in [0.25, 0.3) is 0 Å². The number of hydrogen-bond acceptors (Lipinski definition) is 3. The van der Waals surface area contributed by atoms with Gasteiger partial charge in [-0.1, -0.05) is 30.3 Å². The molecule has 0 aliphatic rings. The zero-order valence-corrected chi connectivity index (χ0v) is 8.23. The average molecular weight is 202 g/mol. The summed E-state index contributed by atoms with van der Waals surface area (Å²) in [6.45, 7) is 0. The van der Waals surface area contributed by atoms with Gasteiger partial charge in [-0.25, -0.2) is 9.78 Å². The Morgan fingerprint density at radius 1 is 1.33 bits per heavy atom. The smallest absolute Gasteiger partial charge is 0.356 e. The van der Waals surface area contributed by atoms with Crippen molar-refractivity contribution >= 4 is 5.97 Å². The molecule has 15 heavy (non-hydrogen) atoms. The molecule has 4 nitrogen and oxygen atoms in total. The summed E-state index contributed by atoms with van der Waals surface area (Å²) >= 11 is 0. The monoisotopic (exact) mass is 202 g/mol. The maximum atomic E-state index is 11.4. The van der Waals surface area contributed by atoms with Crippen LogP contribution in [0.3, 0.4) is 0 Å². The summed E-state index contributed by atoms with van der Waals surface area (Å²) in [4.78, 5) is 18.2. The van der Waals surface area contributed by atoms with E-state index in [-0.39, 0.29) is 0 Å². The van der Waals surface area contributed by atoms with Gasteiger partial charge in [-0.2, -0.15) is 0 Å². The number of carbonyl (C=O) groups excluding carboxylic acids is 1. The van der Waals surface area contributed by atoms with Gasteiger partial charge in [0.2, 0.25) is 0 Å². The van der Waals surface area contributed by atoms with Crippen molar-refractivity contribution in [3.05, 3.63) is 42.4 Å². The van der Waals surface area contributed by atoms with Gasteiger partial charge in [-0.15, -0.1) is 0 Å². The lowest BCUT2D eigenvalue weighted by atomic mass is 10.1. The highest BCUT2D eigenvalue weighted by Crippen LogP contribution is 2.19. The molecule has 0 bridgehead atoms. The quantitative estimate of drug-likeness (QED) is 0.756. The normalized spacial score (nSPS) is 9.93. The highest BCUT2D eigenvalue weighted by Gasteiger charge is 2.15. The second kappa shape index (κ2) is 3.96. The van der Waals surface area contributed by atoms with Crippen molar-refractivity contribution in [2.45, 2.75) is 0 Å². The molecule has 2 aromatic rings. The lowest BCUT2D eigenvalue weighted by molar-refractivity contribution is 0.0595. The number of hydrogen-bond donors (Lipinski definition) is 1. The molecule has 0 unspecified atom stereocenters. The molecule has 1 N–H and O–H groups in total. The molecule has 1 aromatic carbocycles. The Labute approximate surface area is 86.9 Å². The van der Waals surface area contributed by atoms with Crippen molar-refractivity contribution < 1.29 is 9.53 Å². The van der Waals surface area contributed by atoms with E-state index in [2.05, 4.69) is 14.7 Å². The minimum atomic E-state index is -0.411. The number of carbonyl (C=O) groups is 1. The number of ether oxygens (including phenoxy) is 1. The maximum absolute atomic E-state index is 11.4. The van der Waals surface area contributed by atoms with Crippen molar-refractivity contribution in [1.82, 2.24) is 9.97 Å². The first-order valence-electron chi connectivity index (χ1n) is 4.50. The van der Waals surface area contributed by atoms with Crippen LogP contribution in [0.25, 0.3) is 11.3 Å². The number of aromatic amines is 1. The summed E-state index contributed by atoms with van der Waals surface area (Å²) in [5.74, 6) is -0.411. The molecular formula is C11H10N2O2. The minimum Gasteiger partial charge on any atom is -0.464 e. The van der Waals surface area contributed by atoms with Crippen LogP contribution < -0.4 is 0 Å². The Morgan fingerprint density at radius 3 is 2.73 bits per heavy atom. The van der Waals surface area contributed by atoms with Gasteiger partial charge in [0, 0.05) is 5.56 Å². The van der Waals surface area contributed by atoms with Gasteiger partial charge in [-0.05, 0) is 0 Å². The molecule has 1 heterocycles. The van der Waals surface area contributed by atoms with Crippen LogP contribution in [0.1, 0.15) is 10.5 Å². The van der Waals surface area contributed by atoms with E-state index in [9.17, 15) is 4.79 Å². The van der Waals surface area contributed by atoms with Crippen molar-refractivity contribution in [2.24, 2.45) is 0 Å². The summed E-state index contributed by atoms with van der Waals surface area (Å²) in [6, 6.07) is 9.48. The lowest BCUT2D eigenvalue weighted by Crippen LogP contribution is -2.03. The lowest BCUT2D eigenvalue weighted by Gasteiger charge is -2.00. The van der Waals surface area contributed by atoms with Crippen LogP contribution >= 0.6 is 0 Å². The number of methoxy groups -OCH3 is 1. The number of benzene rings is 1. The van der Waals surface area contributed by atoms with Crippen molar-refractivity contribution in [3.63, 3.8) is 0 Å². The number of imidazole rings is 1. The molecular weight excluding hydrogens is 192 g/mol. The van der Waals surface area contributed by atoms with Gasteiger partial charge in [0.1, 0.15) is 5.69 Å². The number of aromatic nitrogens is 2. The molecule has 0 fully saturated rings. The molecule has 0 atom stereocenters. The molecule has 1 aromatic heterocycles. The van der Waals surface area contributed by atoms with E-state index in [4.69, 9.17) is 0 Å². The van der Waals surface area contributed by atoms with Gasteiger partial charge in [0.05, 0.1) is 13.4 Å². The van der Waals surface area contributed by atoms with Crippen LogP contribution in [-0.4, -0.2) is 23.0 Å². The SMILES string of the molecule is COC(=O)c1[nH]cnc1-c1ccccc1. The topological polar surface area (TPSA) is 55.0 Å². The fraction of sp³-hybridized carbons (Fsp3) is 0.0909. The van der Waals surface area contributed by atoms with Crippen LogP contribution in [0.15, 0.2) is 36.7 Å². The summed E-state index contributed by atoms with van der Waals surface area (Å²) in [5, 5.41) is 0. The minimum absolute atomic E-state index is 0.378. The van der Waals surface area contributed by atoms with E-state index in [1.165, 1.54) is 13.4 Å². The van der Waals surface area contributed by atoms with Crippen LogP contribution in [0.2, 0.25) is 0 Å². The fourth-order valence-electron chi connectivity index (χ4n) is 1.37. The van der Waals surface area contributed by atoms with Crippen LogP contribution in [0.5, 0.6) is 0 Å². The number of nitrogens with zero attached hydrogens (tertiary/aromatic N) is 1. The Morgan fingerprint density at radius 2 is 2.07 bits per heavy atom. The third-order valence-corrected chi connectivity index (χ3v) is 2.08. The second-order valence-electron chi connectivity index (χ2n) is 2.98. The Bertz CT molecular complexity index is 462. The van der Waals surface area contributed by atoms with Crippen LogP contribution in [0, 0.1) is 0 Å². The van der Waals surface area contributed by atoms with Gasteiger partial charge < -0.3 is 9.72 Å². The van der Waals surface area contributed by atoms with Crippen LogP contribution in [-0.2, 0) is 4.74 Å². The summed E-state index contributed by atoms with van der Waals surface area (Å²) in [5.41, 5.74) is 1.88. The Balaban J connectivity index is 2.46. The van der Waals surface area contributed by atoms with Gasteiger partial charge in [0.15, 0.2) is 5.69 Å². The standard InChI is InChI=1S/C11H10N2O2/c1-15-11(14)10-9(12-7-13-10)8-5-3-2-4-6-8/h2-7H,1H3,(H,12,13). The van der Waals surface area contributed by atoms with Crippen molar-refractivity contribution in [1.29, 1.82) is 0 Å². The summed E-state index contributed by atoms with van der Waals surface area (Å²) in [6.07, 6.45) is 1.48. The summed E-state index contributed by atoms with van der Waals surface area (Å²) < 4.78 is 4.65. The Hall–Kier alpha value is -2.10. The molecule has 76 valence electrons. The zero-order chi connectivity index (χ0) is 10.7. The number of nitrogens with one attached hydrogen (secondary N) is 1. The summed E-state index contributed by atoms with van der Waals surface area (Å²) in [7, 11) is 1.35. The highest BCUT2D eigenvalue weighted by molar-refractivity contribution is 5.94. The highest BCUT2D eigenvalue weighted by atomic mass is 16.5. The molecule has 0 saturated heterocycles. The van der Waals surface area contributed by atoms with E-state index in [1.807, 2.05) is 30.3 Å². The van der Waals surface area contributed by atoms with E-state index in [1.54, 1.807) is 0 Å². The molecule has 0 aliphatic carbocycles. The van der Waals surface area contributed by atoms with E-state index in [0.29, 0.717) is 11.4 Å². The van der Waals surface area contributed by atoms with E-state index >= 15 is 0 Å². The predicted octanol–water partition coefficient (Wildman–Crippen LogP) is 1.86. The average Bonchev–Trinajstić information content (AvgIpc) is 2.78. The molecule has 0 radical (unpaired) electrons. The number of H-pyrrole nitrogens is 1. The number of rotatable bonds is 2. The molecule has 0 aliphatic heterocycles. The maximum Gasteiger partial charge on any atom is 0.356 e. The van der Waals surface area contributed by atoms with Crippen LogP contribution in [0.4, 0.5) is 0 Å². The van der Waals surface area contributed by atoms with Gasteiger partial charge >= 0.3 is 5.97 Å². The van der Waals surface area contributed by atoms with E-state index in [0.717, 1.165) is 5.56 Å². The number of esters is 1. The fourth-order valence-corrected chi connectivity index (χ4v) is 1.37. The first-order chi connectivity index (χ1) is 7.33. The molecule has 4 heteroatoms. The third-order valence-electron chi connectivity index (χ3n) is 2.08.